The standard InChI is InChI=1S/4Mn.16O.Pb/q;;;;;;;;;;;;;;;;4*-1;. The molecule has 0 rings (SSSR count). The van der Waals surface area contributed by atoms with Gasteiger partial charge in [0.25, 0.3) is 0 Å². The summed E-state index contributed by atoms with van der Waals surface area (Å²) in [7, 11) is 0. The molecule has 4 radical (unpaired) electrons. The maximum atomic E-state index is 8.58. The Morgan fingerprint density at radius 3 is 0.333 bits per heavy atom. The van der Waals surface area contributed by atoms with Gasteiger partial charge in [-0.2, -0.15) is 0 Å². The molecule has 0 atom stereocenters. The Hall–Kier alpha value is 0.440. The van der Waals surface area contributed by atoms with E-state index in [-0.39, 0.29) is 27.3 Å². The van der Waals surface area contributed by atoms with Gasteiger partial charge in [0.2, 0.25) is 0 Å². The first-order valence-electron chi connectivity index (χ1n) is 2.47. The Morgan fingerprint density at radius 1 is 0.333 bits per heavy atom. The largest absolute Gasteiger partial charge is 0 e. The second kappa shape index (κ2) is 12.9. The van der Waals surface area contributed by atoms with E-state index in [1.54, 1.807) is 0 Å². The van der Waals surface area contributed by atoms with Crippen LogP contribution in [0, 0.1) is 0 Å². The molecule has 0 unspecified atom stereocenters. The van der Waals surface area contributed by atoms with E-state index in [0.717, 1.165) is 0 Å². The fourth-order valence-corrected chi connectivity index (χ4v) is 0. The van der Waals surface area contributed by atoms with E-state index in [2.05, 4.69) is 0 Å². The first-order chi connectivity index (χ1) is 8.00. The molecule has 132 valence electrons. The fourth-order valence-electron chi connectivity index (χ4n) is 0. The third kappa shape index (κ3) is 35900. The Balaban J connectivity index is -0.0000000533. The molecular formula is Mn4O16Pb-4. The molecule has 21 heteroatoms. The molecule has 0 heterocycles. The van der Waals surface area contributed by atoms with Crippen molar-refractivity contribution in [3.05, 3.63) is 0 Å². The summed E-state index contributed by atoms with van der Waals surface area (Å²) in [6.07, 6.45) is 0. The zero-order valence-corrected chi connectivity index (χ0v) is 17.2. The zero-order valence-electron chi connectivity index (χ0n) is 8.54. The van der Waals surface area contributed by atoms with Gasteiger partial charge in [-0.1, -0.05) is 0 Å². The molecule has 0 aromatic carbocycles. The van der Waals surface area contributed by atoms with E-state index in [0.29, 0.717) is 0 Å². The van der Waals surface area contributed by atoms with Crippen LogP contribution >= 0.6 is 0 Å². The zero-order chi connectivity index (χ0) is 18.0. The van der Waals surface area contributed by atoms with E-state index in [1.807, 2.05) is 0 Å². The van der Waals surface area contributed by atoms with Crippen molar-refractivity contribution in [1.82, 2.24) is 0 Å². The molecule has 0 saturated carbocycles. The minimum Gasteiger partial charge on any atom is 0 e. The van der Waals surface area contributed by atoms with E-state index in [1.165, 1.54) is 0 Å². The molecule has 0 N–H and O–H groups in total. The molecule has 0 saturated heterocycles. The predicted octanol–water partition coefficient (Wildman–Crippen LogP) is -6.57. The van der Waals surface area contributed by atoms with Crippen molar-refractivity contribution in [2.75, 3.05) is 0 Å². The SMILES string of the molecule is [O]=[Mn](=[O])(=[O])[O-].[O]=[Mn](=[O])(=[O])[O-].[O]=[Mn](=[O])(=[O])[O-].[O]=[Mn](=[O])(=[O])[O-].[Pb]. The van der Waals surface area contributed by atoms with Crippen LogP contribution in [0.2, 0.25) is 0 Å². The quantitative estimate of drug-likeness (QED) is 0.214. The van der Waals surface area contributed by atoms with Crippen LogP contribution in [0.3, 0.4) is 0 Å². The van der Waals surface area contributed by atoms with Gasteiger partial charge in [-0.3, -0.25) is 0 Å². The molecule has 0 bridgehead atoms. The maximum Gasteiger partial charge on any atom is 0 e. The first-order valence-corrected chi connectivity index (χ1v) is 10.2. The van der Waals surface area contributed by atoms with Crippen LogP contribution in [0.1, 0.15) is 0 Å². The van der Waals surface area contributed by atoms with Gasteiger partial charge in [-0.15, -0.1) is 0 Å². The van der Waals surface area contributed by atoms with Gasteiger partial charge >= 0.3 is 115 Å². The van der Waals surface area contributed by atoms with Crippen LogP contribution in [0.5, 0.6) is 0 Å². The molecular weight excluding hydrogens is 683 g/mol. The summed E-state index contributed by atoms with van der Waals surface area (Å²) < 4.78 is 137. The molecule has 0 amide bonds. The first kappa shape index (κ1) is 33.1. The molecule has 0 aromatic heterocycles. The van der Waals surface area contributed by atoms with Crippen LogP contribution in [-0.2, 0) is 97.9 Å². The van der Waals surface area contributed by atoms with Gasteiger partial charge in [0.15, 0.2) is 0 Å². The Bertz CT molecular complexity index is 673. The van der Waals surface area contributed by atoms with E-state index >= 15 is 0 Å². The third-order valence-electron chi connectivity index (χ3n) is 0. The summed E-state index contributed by atoms with van der Waals surface area (Å²) in [5, 5.41) is 0. The number of rotatable bonds is 0. The Morgan fingerprint density at radius 2 is 0.333 bits per heavy atom. The topological polar surface area (TPSA) is 297 Å². The maximum absolute atomic E-state index is 8.58. The van der Waals surface area contributed by atoms with Gasteiger partial charge < -0.3 is 0 Å². The van der Waals surface area contributed by atoms with Crippen LogP contribution in [0.15, 0.2) is 0 Å². The molecule has 0 aliphatic heterocycles. The third-order valence-corrected chi connectivity index (χ3v) is 0. The summed E-state index contributed by atoms with van der Waals surface area (Å²) in [4.78, 5) is 0. The summed E-state index contributed by atoms with van der Waals surface area (Å²) in [5.74, 6) is 0. The molecule has 0 aliphatic carbocycles. The van der Waals surface area contributed by atoms with Crippen LogP contribution in [-0.4, -0.2) is 27.3 Å². The van der Waals surface area contributed by atoms with Gasteiger partial charge in [-0.05, 0) is 0 Å². The van der Waals surface area contributed by atoms with Crippen LogP contribution in [0.4, 0.5) is 0 Å². The smallest absolute Gasteiger partial charge is 0 e. The fraction of sp³-hybridized carbons (Fsp3) is 0. The average molecular weight is 683 g/mol. The van der Waals surface area contributed by atoms with Crippen molar-refractivity contribution >= 4 is 27.3 Å². The average Bonchev–Trinajstić information content (AvgIpc) is 1.62. The summed E-state index contributed by atoms with van der Waals surface area (Å²) in [6.45, 7) is 0. The van der Waals surface area contributed by atoms with Gasteiger partial charge in [-0.25, -0.2) is 0 Å². The second-order valence-corrected chi connectivity index (χ2v) is 6.23. The van der Waals surface area contributed by atoms with Crippen LogP contribution in [0.25, 0.3) is 0 Å². The Labute approximate surface area is 140 Å². The van der Waals surface area contributed by atoms with Crippen molar-refractivity contribution in [2.45, 2.75) is 0 Å². The number of hydrogen-bond acceptors (Lipinski definition) is 16. The monoisotopic (exact) mass is 684 g/mol. The summed E-state index contributed by atoms with van der Waals surface area (Å²) in [5.41, 5.74) is 0. The molecule has 0 fully saturated rings. The molecule has 21 heavy (non-hydrogen) atoms. The van der Waals surface area contributed by atoms with Gasteiger partial charge in [0.05, 0.1) is 0 Å². The minimum absolute atomic E-state index is 0. The van der Waals surface area contributed by atoms with Crippen molar-refractivity contribution in [2.24, 2.45) is 0 Å². The predicted molar refractivity (Wildman–Crippen MR) is 14.0 cm³/mol. The van der Waals surface area contributed by atoms with Crippen LogP contribution < -0.4 is 16.8 Å². The van der Waals surface area contributed by atoms with Gasteiger partial charge in [0, 0.05) is 27.3 Å². The number of hydrogen-bond donors (Lipinski definition) is 0. The van der Waals surface area contributed by atoms with Crippen molar-refractivity contribution in [3.8, 4) is 0 Å². The van der Waals surface area contributed by atoms with Gasteiger partial charge in [0.1, 0.15) is 0 Å². The normalized spacial score (nSPS) is 10.9. The van der Waals surface area contributed by atoms with E-state index in [4.69, 9.17) is 62.8 Å². The van der Waals surface area contributed by atoms with E-state index in [9.17, 15) is 0 Å². The molecule has 16 nitrogen and oxygen atoms in total. The minimum atomic E-state index is -5.62. The summed E-state index contributed by atoms with van der Waals surface area (Å²) in [6, 6.07) is 0. The summed E-state index contributed by atoms with van der Waals surface area (Å²) >= 11 is -22.5. The van der Waals surface area contributed by atoms with Crippen molar-refractivity contribution in [3.63, 3.8) is 0 Å². The molecule has 0 aliphatic rings. The van der Waals surface area contributed by atoms with E-state index < -0.39 is 51.9 Å². The second-order valence-electron chi connectivity index (χ2n) is 1.51. The van der Waals surface area contributed by atoms with Crippen molar-refractivity contribution < 1.29 is 115 Å². The molecule has 0 aromatic rings. The molecule has 0 spiro atoms. The Kier molecular flexibility index (Phi) is 20.4. The van der Waals surface area contributed by atoms with Crippen molar-refractivity contribution in [1.29, 1.82) is 0 Å².